The number of nitrogens with zero attached hydrogens (tertiary/aromatic N) is 3. The number of hydrogen-bond acceptors (Lipinski definition) is 5. The van der Waals surface area contributed by atoms with Gasteiger partial charge in [0.15, 0.2) is 0 Å². The van der Waals surface area contributed by atoms with E-state index in [1.54, 1.807) is 7.05 Å². The highest BCUT2D eigenvalue weighted by Gasteiger charge is 2.33. The van der Waals surface area contributed by atoms with E-state index >= 15 is 0 Å². The third-order valence-corrected chi connectivity index (χ3v) is 4.83. The molecule has 1 atom stereocenters. The SMILES string of the molecule is CN1C(=O)CC(CN/C=C(\C#N)C(=O)NC2CCCCC2)N(C)C1=O. The summed E-state index contributed by atoms with van der Waals surface area (Å²) in [6.45, 7) is 0.295. The second-order valence-corrected chi connectivity index (χ2v) is 6.59. The van der Waals surface area contributed by atoms with Crippen LogP contribution >= 0.6 is 0 Å². The predicted octanol–water partition coefficient (Wildman–Crippen LogP) is 0.715. The average Bonchev–Trinajstić information content (AvgIpc) is 2.61. The number of hydrogen-bond donors (Lipinski definition) is 2. The number of carbonyl (C=O) groups is 3. The second kappa shape index (κ2) is 8.51. The molecule has 136 valence electrons. The summed E-state index contributed by atoms with van der Waals surface area (Å²) < 4.78 is 0. The maximum atomic E-state index is 12.2. The van der Waals surface area contributed by atoms with Crippen LogP contribution in [0.25, 0.3) is 0 Å². The smallest absolute Gasteiger partial charge is 0.326 e. The van der Waals surface area contributed by atoms with Gasteiger partial charge in [-0.1, -0.05) is 19.3 Å². The van der Waals surface area contributed by atoms with E-state index in [4.69, 9.17) is 0 Å². The Bertz CT molecular complexity index is 604. The van der Waals surface area contributed by atoms with Crippen LogP contribution in [0.2, 0.25) is 0 Å². The molecule has 1 saturated carbocycles. The Morgan fingerprint density at radius 3 is 2.60 bits per heavy atom. The molecule has 2 N–H and O–H groups in total. The van der Waals surface area contributed by atoms with Crippen LogP contribution in [0.5, 0.6) is 0 Å². The van der Waals surface area contributed by atoms with Gasteiger partial charge in [-0.3, -0.25) is 14.5 Å². The number of nitriles is 1. The number of nitrogens with one attached hydrogen (secondary N) is 2. The minimum Gasteiger partial charge on any atom is -0.388 e. The van der Waals surface area contributed by atoms with Crippen LogP contribution in [0.3, 0.4) is 0 Å². The van der Waals surface area contributed by atoms with Gasteiger partial charge >= 0.3 is 6.03 Å². The normalized spacial score (nSPS) is 22.6. The summed E-state index contributed by atoms with van der Waals surface area (Å²) in [4.78, 5) is 38.4. The van der Waals surface area contributed by atoms with Crippen LogP contribution in [0.4, 0.5) is 4.79 Å². The number of urea groups is 1. The molecule has 2 aliphatic rings. The molecule has 0 aromatic heterocycles. The maximum absolute atomic E-state index is 12.2. The average molecular weight is 347 g/mol. The topological polar surface area (TPSA) is 106 Å². The molecule has 0 radical (unpaired) electrons. The van der Waals surface area contributed by atoms with E-state index in [1.165, 1.54) is 24.6 Å². The third kappa shape index (κ3) is 4.72. The van der Waals surface area contributed by atoms with Crippen molar-refractivity contribution in [2.75, 3.05) is 20.6 Å². The van der Waals surface area contributed by atoms with Crippen molar-refractivity contribution in [1.82, 2.24) is 20.4 Å². The van der Waals surface area contributed by atoms with Gasteiger partial charge in [0.05, 0.1) is 6.04 Å². The summed E-state index contributed by atoms with van der Waals surface area (Å²) in [6.07, 6.45) is 6.84. The van der Waals surface area contributed by atoms with Crippen molar-refractivity contribution in [3.05, 3.63) is 11.8 Å². The summed E-state index contributed by atoms with van der Waals surface area (Å²) in [7, 11) is 3.08. The molecule has 0 aromatic rings. The van der Waals surface area contributed by atoms with E-state index in [0.717, 1.165) is 30.6 Å². The van der Waals surface area contributed by atoms with Crippen molar-refractivity contribution in [3.8, 4) is 6.07 Å². The fraction of sp³-hybridized carbons (Fsp3) is 0.647. The van der Waals surface area contributed by atoms with Gasteiger partial charge in [0.1, 0.15) is 11.6 Å². The largest absolute Gasteiger partial charge is 0.388 e. The number of imide groups is 1. The molecule has 25 heavy (non-hydrogen) atoms. The number of likely N-dealkylation sites (N-methyl/N-ethyl adjacent to an activating group) is 1. The Morgan fingerprint density at radius 1 is 1.28 bits per heavy atom. The zero-order valence-corrected chi connectivity index (χ0v) is 14.7. The Labute approximate surface area is 147 Å². The second-order valence-electron chi connectivity index (χ2n) is 6.59. The number of rotatable bonds is 5. The molecule has 2 rings (SSSR count). The molecule has 0 aromatic carbocycles. The van der Waals surface area contributed by atoms with Crippen molar-refractivity contribution >= 4 is 17.8 Å². The Morgan fingerprint density at radius 2 is 1.96 bits per heavy atom. The number of carbonyl (C=O) groups excluding carboxylic acids is 3. The van der Waals surface area contributed by atoms with Crippen LogP contribution in [0.1, 0.15) is 38.5 Å². The maximum Gasteiger partial charge on any atom is 0.326 e. The quantitative estimate of drug-likeness (QED) is 0.563. The molecule has 4 amide bonds. The van der Waals surface area contributed by atoms with Crippen molar-refractivity contribution in [1.29, 1.82) is 5.26 Å². The van der Waals surface area contributed by atoms with Crippen LogP contribution in [0, 0.1) is 11.3 Å². The zero-order chi connectivity index (χ0) is 18.4. The monoisotopic (exact) mass is 347 g/mol. The zero-order valence-electron chi connectivity index (χ0n) is 14.7. The molecule has 1 heterocycles. The van der Waals surface area contributed by atoms with Gasteiger partial charge in [-0.15, -0.1) is 0 Å². The third-order valence-electron chi connectivity index (χ3n) is 4.83. The van der Waals surface area contributed by atoms with E-state index in [2.05, 4.69) is 10.6 Å². The molecule has 1 aliphatic heterocycles. The molecular formula is C17H25N5O3. The number of amides is 4. The van der Waals surface area contributed by atoms with Crippen molar-refractivity contribution < 1.29 is 14.4 Å². The van der Waals surface area contributed by atoms with E-state index in [-0.39, 0.29) is 41.9 Å². The Balaban J connectivity index is 1.88. The van der Waals surface area contributed by atoms with Crippen LogP contribution in [-0.2, 0) is 9.59 Å². The van der Waals surface area contributed by atoms with E-state index in [1.807, 2.05) is 6.07 Å². The van der Waals surface area contributed by atoms with E-state index in [9.17, 15) is 19.6 Å². The van der Waals surface area contributed by atoms with Gasteiger partial charge in [0, 0.05) is 39.3 Å². The molecule has 8 nitrogen and oxygen atoms in total. The first-order chi connectivity index (χ1) is 11.9. The fourth-order valence-corrected chi connectivity index (χ4v) is 3.14. The molecule has 1 unspecified atom stereocenters. The minimum atomic E-state index is -0.384. The standard InChI is InChI=1S/C17H25N5O3/c1-21-14(8-15(23)22(2)17(21)25)11-19-10-12(9-18)16(24)20-13-6-4-3-5-7-13/h10,13-14,19H,3-8,11H2,1-2H3,(H,20,24)/b12-10+. The van der Waals surface area contributed by atoms with Gasteiger partial charge < -0.3 is 15.5 Å². The van der Waals surface area contributed by atoms with Gasteiger partial charge in [0.2, 0.25) is 5.91 Å². The first-order valence-corrected chi connectivity index (χ1v) is 8.62. The van der Waals surface area contributed by atoms with Gasteiger partial charge in [-0.25, -0.2) is 4.79 Å². The highest BCUT2D eigenvalue weighted by molar-refractivity contribution is 5.97. The summed E-state index contributed by atoms with van der Waals surface area (Å²) >= 11 is 0. The molecule has 2 fully saturated rings. The summed E-state index contributed by atoms with van der Waals surface area (Å²) in [6, 6.07) is 1.36. The molecule has 0 spiro atoms. The molecule has 8 heteroatoms. The molecular weight excluding hydrogens is 322 g/mol. The summed E-state index contributed by atoms with van der Waals surface area (Å²) in [5, 5.41) is 15.0. The Kier molecular flexibility index (Phi) is 6.39. The first kappa shape index (κ1) is 18.8. The van der Waals surface area contributed by atoms with Gasteiger partial charge in [-0.05, 0) is 12.8 Å². The highest BCUT2D eigenvalue weighted by Crippen LogP contribution is 2.17. The lowest BCUT2D eigenvalue weighted by molar-refractivity contribution is -0.131. The van der Waals surface area contributed by atoms with Gasteiger partial charge in [0.25, 0.3) is 5.91 Å². The minimum absolute atomic E-state index is 0.00110. The molecule has 1 saturated heterocycles. The van der Waals surface area contributed by atoms with E-state index in [0.29, 0.717) is 6.54 Å². The lowest BCUT2D eigenvalue weighted by Crippen LogP contribution is -2.56. The van der Waals surface area contributed by atoms with Crippen LogP contribution < -0.4 is 10.6 Å². The van der Waals surface area contributed by atoms with Crippen molar-refractivity contribution in [2.45, 2.75) is 50.6 Å². The lowest BCUT2D eigenvalue weighted by atomic mass is 9.95. The summed E-state index contributed by atoms with van der Waals surface area (Å²) in [5.41, 5.74) is -0.00110. The van der Waals surface area contributed by atoms with Crippen LogP contribution in [0.15, 0.2) is 11.8 Å². The fourth-order valence-electron chi connectivity index (χ4n) is 3.14. The summed E-state index contributed by atoms with van der Waals surface area (Å²) in [5.74, 6) is -0.625. The first-order valence-electron chi connectivity index (χ1n) is 8.62. The Hall–Kier alpha value is -2.56. The lowest BCUT2D eigenvalue weighted by Gasteiger charge is -2.36. The van der Waals surface area contributed by atoms with Crippen molar-refractivity contribution in [2.24, 2.45) is 0 Å². The molecule has 1 aliphatic carbocycles. The van der Waals surface area contributed by atoms with E-state index < -0.39 is 0 Å². The van der Waals surface area contributed by atoms with Gasteiger partial charge in [-0.2, -0.15) is 5.26 Å². The van der Waals surface area contributed by atoms with Crippen molar-refractivity contribution in [3.63, 3.8) is 0 Å². The molecule has 0 bridgehead atoms. The predicted molar refractivity (Wildman–Crippen MR) is 91.0 cm³/mol. The highest BCUT2D eigenvalue weighted by atomic mass is 16.2. The van der Waals surface area contributed by atoms with Crippen LogP contribution in [-0.4, -0.2) is 60.4 Å².